The van der Waals surface area contributed by atoms with Gasteiger partial charge in [0.25, 0.3) is 0 Å². The molecule has 0 radical (unpaired) electrons. The maximum Gasteiger partial charge on any atom is 0.126 e. The van der Waals surface area contributed by atoms with Gasteiger partial charge in [0.05, 0.1) is 0 Å². The Morgan fingerprint density at radius 1 is 0.800 bits per heavy atom. The second-order valence-corrected chi connectivity index (χ2v) is 8.52. The van der Waals surface area contributed by atoms with Crippen LogP contribution >= 0.6 is 0 Å². The molecule has 0 bridgehead atoms. The van der Waals surface area contributed by atoms with E-state index in [0.29, 0.717) is 12.0 Å². The molecule has 0 aromatic heterocycles. The fourth-order valence-electron chi connectivity index (χ4n) is 3.46. The van der Waals surface area contributed by atoms with E-state index < -0.39 is 11.6 Å². The van der Waals surface area contributed by atoms with Crippen LogP contribution in [-0.2, 0) is 25.8 Å². The van der Waals surface area contributed by atoms with Crippen LogP contribution in [0.4, 0.5) is 14.5 Å². The van der Waals surface area contributed by atoms with Gasteiger partial charge in [-0.3, -0.25) is 0 Å². The molecule has 0 saturated heterocycles. The highest BCUT2D eigenvalue weighted by Crippen LogP contribution is 2.24. The van der Waals surface area contributed by atoms with Crippen molar-refractivity contribution >= 4 is 5.69 Å². The fourth-order valence-corrected chi connectivity index (χ4v) is 3.46. The van der Waals surface area contributed by atoms with Crippen molar-refractivity contribution in [2.45, 2.75) is 39.7 Å². The summed E-state index contributed by atoms with van der Waals surface area (Å²) in [5.41, 5.74) is 5.48. The Labute approximate surface area is 178 Å². The average molecular weight is 406 g/mol. The van der Waals surface area contributed by atoms with Crippen molar-refractivity contribution in [2.75, 3.05) is 5.32 Å². The minimum absolute atomic E-state index is 0.0751. The predicted octanol–water partition coefficient (Wildman–Crippen LogP) is 7.12. The van der Waals surface area contributed by atoms with Gasteiger partial charge >= 0.3 is 0 Å². The first-order valence-corrected chi connectivity index (χ1v) is 10.3. The molecule has 0 amide bonds. The van der Waals surface area contributed by atoms with Crippen LogP contribution in [0.1, 0.15) is 36.1 Å². The minimum Gasteiger partial charge on any atom is -0.381 e. The van der Waals surface area contributed by atoms with E-state index in [-0.39, 0.29) is 5.41 Å². The maximum atomic E-state index is 13.3. The molecule has 0 aliphatic carbocycles. The van der Waals surface area contributed by atoms with Crippen LogP contribution in [-0.4, -0.2) is 0 Å². The molecule has 30 heavy (non-hydrogen) atoms. The topological polar surface area (TPSA) is 12.0 Å². The molecule has 0 heterocycles. The average Bonchev–Trinajstić information content (AvgIpc) is 2.71. The third kappa shape index (κ3) is 6.55. The highest BCUT2D eigenvalue weighted by molar-refractivity contribution is 5.46. The zero-order valence-electron chi connectivity index (χ0n) is 17.7. The van der Waals surface area contributed by atoms with E-state index in [1.54, 1.807) is 0 Å². The first-order chi connectivity index (χ1) is 14.3. The number of anilines is 1. The zero-order valence-corrected chi connectivity index (χ0v) is 17.7. The molecule has 0 atom stereocenters. The smallest absolute Gasteiger partial charge is 0.126 e. The van der Waals surface area contributed by atoms with E-state index in [2.05, 4.69) is 74.3 Å². The van der Waals surface area contributed by atoms with Crippen molar-refractivity contribution < 1.29 is 8.78 Å². The Kier molecular flexibility index (Phi) is 7.04. The molecule has 3 rings (SSSR count). The molecule has 3 aromatic carbocycles. The number of hydrogen-bond donors (Lipinski definition) is 1. The van der Waals surface area contributed by atoms with Gasteiger partial charge in [0.2, 0.25) is 0 Å². The summed E-state index contributed by atoms with van der Waals surface area (Å²) in [6.45, 7) is 9.04. The molecule has 0 saturated carbocycles. The van der Waals surface area contributed by atoms with E-state index in [1.165, 1.54) is 23.3 Å². The molecular weight excluding hydrogens is 376 g/mol. The lowest BCUT2D eigenvalue weighted by Crippen LogP contribution is -2.11. The van der Waals surface area contributed by atoms with Crippen molar-refractivity contribution in [3.8, 4) is 0 Å². The third-order valence-electron chi connectivity index (χ3n) is 5.28. The maximum absolute atomic E-state index is 13.3. The van der Waals surface area contributed by atoms with Gasteiger partial charge in [-0.15, -0.1) is 6.58 Å². The number of allylic oxidation sites excluding steroid dienone is 1. The largest absolute Gasteiger partial charge is 0.381 e. The van der Waals surface area contributed by atoms with Crippen molar-refractivity contribution in [3.05, 3.63) is 113 Å². The molecule has 1 nitrogen and oxygen atoms in total. The van der Waals surface area contributed by atoms with Crippen molar-refractivity contribution in [2.24, 2.45) is 5.41 Å². The van der Waals surface area contributed by atoms with Gasteiger partial charge < -0.3 is 5.32 Å². The summed E-state index contributed by atoms with van der Waals surface area (Å²) >= 11 is 0. The molecule has 0 spiro atoms. The molecule has 0 aliphatic rings. The molecule has 1 N–H and O–H groups in total. The van der Waals surface area contributed by atoms with Gasteiger partial charge in [0.15, 0.2) is 0 Å². The Morgan fingerprint density at radius 3 is 2.10 bits per heavy atom. The lowest BCUT2D eigenvalue weighted by Gasteiger charge is -2.20. The number of aryl methyl sites for hydroxylation is 2. The highest BCUT2D eigenvalue weighted by atomic mass is 19.1. The first kappa shape index (κ1) is 21.8. The van der Waals surface area contributed by atoms with E-state index in [4.69, 9.17) is 0 Å². The molecular formula is C27H29F2N. The van der Waals surface area contributed by atoms with Crippen LogP contribution in [0, 0.1) is 17.0 Å². The van der Waals surface area contributed by atoms with Crippen LogP contribution < -0.4 is 5.32 Å². The molecule has 3 heteroatoms. The number of halogens is 2. The Bertz CT molecular complexity index is 970. The van der Waals surface area contributed by atoms with Gasteiger partial charge in [-0.25, -0.2) is 8.78 Å². The van der Waals surface area contributed by atoms with Gasteiger partial charge in [-0.05, 0) is 71.2 Å². The summed E-state index contributed by atoms with van der Waals surface area (Å²) in [5, 5.41) is 3.49. The molecule has 3 aromatic rings. The lowest BCUT2D eigenvalue weighted by atomic mass is 9.86. The SMILES string of the molecule is C=CC(C)(C)Cc1cccc(NCc2ccc(CCc3cc(F)cc(F)c3)cc2)c1. The molecule has 0 unspecified atom stereocenters. The Balaban J connectivity index is 1.54. The standard InChI is InChI=1S/C27H29F2N/c1-4-27(2,3)18-23-6-5-7-26(16-23)30-19-21-11-8-20(9-12-21)10-13-22-14-24(28)17-25(29)15-22/h4-9,11-12,14-17,30H,1,10,13,18-19H2,2-3H3. The summed E-state index contributed by atoms with van der Waals surface area (Å²) in [7, 11) is 0. The quantitative estimate of drug-likeness (QED) is 0.374. The van der Waals surface area contributed by atoms with Crippen LogP contribution in [0.3, 0.4) is 0 Å². The van der Waals surface area contributed by atoms with Gasteiger partial charge in [0, 0.05) is 18.3 Å². The van der Waals surface area contributed by atoms with E-state index in [1.807, 2.05) is 6.08 Å². The van der Waals surface area contributed by atoms with Crippen LogP contribution in [0.2, 0.25) is 0 Å². The number of hydrogen-bond acceptors (Lipinski definition) is 1. The van der Waals surface area contributed by atoms with Gasteiger partial charge in [0.1, 0.15) is 11.6 Å². The summed E-state index contributed by atoms with van der Waals surface area (Å²) in [4.78, 5) is 0. The Morgan fingerprint density at radius 2 is 1.43 bits per heavy atom. The number of benzene rings is 3. The minimum atomic E-state index is -0.524. The summed E-state index contributed by atoms with van der Waals surface area (Å²) in [5.74, 6) is -1.05. The normalized spacial score (nSPS) is 11.3. The zero-order chi connectivity index (χ0) is 21.6. The second-order valence-electron chi connectivity index (χ2n) is 8.52. The first-order valence-electron chi connectivity index (χ1n) is 10.3. The summed E-state index contributed by atoms with van der Waals surface area (Å²) in [6, 6.07) is 20.5. The van der Waals surface area contributed by atoms with Crippen molar-refractivity contribution in [1.29, 1.82) is 0 Å². The lowest BCUT2D eigenvalue weighted by molar-refractivity contribution is 0.479. The van der Waals surface area contributed by atoms with E-state index in [9.17, 15) is 8.78 Å². The Hall–Kier alpha value is -2.94. The monoisotopic (exact) mass is 405 g/mol. The molecule has 0 aliphatic heterocycles. The van der Waals surface area contributed by atoms with E-state index >= 15 is 0 Å². The van der Waals surface area contributed by atoms with Crippen molar-refractivity contribution in [1.82, 2.24) is 0 Å². The number of nitrogens with one attached hydrogen (secondary N) is 1. The second kappa shape index (κ2) is 9.71. The highest BCUT2D eigenvalue weighted by Gasteiger charge is 2.13. The van der Waals surface area contributed by atoms with Crippen LogP contribution in [0.25, 0.3) is 0 Å². The molecule has 0 fully saturated rings. The van der Waals surface area contributed by atoms with Crippen LogP contribution in [0.5, 0.6) is 0 Å². The predicted molar refractivity (Wildman–Crippen MR) is 122 cm³/mol. The number of rotatable bonds is 9. The summed E-state index contributed by atoms with van der Waals surface area (Å²) in [6.07, 6.45) is 4.31. The van der Waals surface area contributed by atoms with Crippen LogP contribution in [0.15, 0.2) is 79.4 Å². The van der Waals surface area contributed by atoms with E-state index in [0.717, 1.165) is 36.7 Å². The van der Waals surface area contributed by atoms with Gasteiger partial charge in [-0.1, -0.05) is 56.3 Å². The van der Waals surface area contributed by atoms with Crippen molar-refractivity contribution in [3.63, 3.8) is 0 Å². The molecule has 156 valence electrons. The summed E-state index contributed by atoms with van der Waals surface area (Å²) < 4.78 is 26.6. The van der Waals surface area contributed by atoms with Gasteiger partial charge in [-0.2, -0.15) is 0 Å². The third-order valence-corrected chi connectivity index (χ3v) is 5.28. The fraction of sp³-hybridized carbons (Fsp3) is 0.259.